The fourth-order valence-corrected chi connectivity index (χ4v) is 3.55. The lowest BCUT2D eigenvalue weighted by atomic mass is 9.91. The van der Waals surface area contributed by atoms with Gasteiger partial charge in [0.25, 0.3) is 5.91 Å². The maximum absolute atomic E-state index is 12.5. The molecule has 132 valence electrons. The van der Waals surface area contributed by atoms with Crippen molar-refractivity contribution >= 4 is 5.91 Å². The number of hydrogen-bond donors (Lipinski definition) is 0. The largest absolute Gasteiger partial charge is 0.339 e. The third-order valence-electron chi connectivity index (χ3n) is 5.05. The average molecular weight is 346 g/mol. The summed E-state index contributed by atoms with van der Waals surface area (Å²) in [6.07, 6.45) is 9.36. The van der Waals surface area contributed by atoms with Crippen molar-refractivity contribution in [3.05, 3.63) is 77.9 Å². The normalized spacial score (nSPS) is 15.2. The van der Waals surface area contributed by atoms with E-state index in [4.69, 9.17) is 0 Å². The van der Waals surface area contributed by atoms with Crippen LogP contribution in [0.5, 0.6) is 0 Å². The van der Waals surface area contributed by atoms with Crippen molar-refractivity contribution in [2.45, 2.75) is 25.7 Å². The van der Waals surface area contributed by atoms with E-state index in [0.29, 0.717) is 11.5 Å². The van der Waals surface area contributed by atoms with Gasteiger partial charge in [0.2, 0.25) is 0 Å². The van der Waals surface area contributed by atoms with E-state index in [2.05, 4.69) is 47.5 Å². The molecule has 0 spiro atoms. The molecule has 0 bridgehead atoms. The standard InChI is InChI=1S/C21H22N4O/c1-16-3-2-4-20(13-16)25-15-19(14-23-25)17-7-11-24(12-8-17)21(26)18-5-9-22-10-6-18/h2-6,9-10,13-15,17H,7-8,11-12H2,1H3. The highest BCUT2D eigenvalue weighted by Gasteiger charge is 2.25. The van der Waals surface area contributed by atoms with Gasteiger partial charge in [0, 0.05) is 37.2 Å². The summed E-state index contributed by atoms with van der Waals surface area (Å²) in [6.45, 7) is 3.65. The first-order chi connectivity index (χ1) is 12.7. The summed E-state index contributed by atoms with van der Waals surface area (Å²) >= 11 is 0. The van der Waals surface area contributed by atoms with Crippen molar-refractivity contribution in [1.82, 2.24) is 19.7 Å². The highest BCUT2D eigenvalue weighted by molar-refractivity contribution is 5.94. The van der Waals surface area contributed by atoms with Crippen LogP contribution in [0.1, 0.15) is 40.2 Å². The van der Waals surface area contributed by atoms with Crippen LogP contribution in [0.4, 0.5) is 0 Å². The number of aryl methyl sites for hydroxylation is 1. The van der Waals surface area contributed by atoms with Crippen LogP contribution >= 0.6 is 0 Å². The van der Waals surface area contributed by atoms with Crippen LogP contribution in [0.25, 0.3) is 5.69 Å². The molecule has 5 heteroatoms. The summed E-state index contributed by atoms with van der Waals surface area (Å²) < 4.78 is 1.94. The number of carbonyl (C=O) groups excluding carboxylic acids is 1. The van der Waals surface area contributed by atoms with Crippen molar-refractivity contribution in [2.24, 2.45) is 0 Å². The Morgan fingerprint density at radius 2 is 1.88 bits per heavy atom. The van der Waals surface area contributed by atoms with Gasteiger partial charge in [-0.3, -0.25) is 9.78 Å². The molecule has 1 fully saturated rings. The predicted molar refractivity (Wildman–Crippen MR) is 100 cm³/mol. The predicted octanol–water partition coefficient (Wildman–Crippen LogP) is 3.60. The molecule has 0 radical (unpaired) electrons. The summed E-state index contributed by atoms with van der Waals surface area (Å²) in [7, 11) is 0. The van der Waals surface area contributed by atoms with Crippen LogP contribution in [0, 0.1) is 6.92 Å². The van der Waals surface area contributed by atoms with E-state index in [0.717, 1.165) is 31.6 Å². The van der Waals surface area contributed by atoms with Crippen LogP contribution in [0.2, 0.25) is 0 Å². The Kier molecular flexibility index (Phi) is 4.52. The highest BCUT2D eigenvalue weighted by atomic mass is 16.2. The van der Waals surface area contributed by atoms with Gasteiger partial charge in [-0.2, -0.15) is 5.10 Å². The molecule has 0 aliphatic carbocycles. The van der Waals surface area contributed by atoms with E-state index >= 15 is 0 Å². The Bertz CT molecular complexity index is 895. The van der Waals surface area contributed by atoms with Gasteiger partial charge in [0.05, 0.1) is 11.9 Å². The molecule has 1 saturated heterocycles. The quantitative estimate of drug-likeness (QED) is 0.728. The zero-order valence-corrected chi connectivity index (χ0v) is 14.9. The Balaban J connectivity index is 1.42. The summed E-state index contributed by atoms with van der Waals surface area (Å²) in [5.74, 6) is 0.552. The van der Waals surface area contributed by atoms with Crippen LogP contribution in [0.3, 0.4) is 0 Å². The van der Waals surface area contributed by atoms with Gasteiger partial charge < -0.3 is 4.90 Å². The highest BCUT2D eigenvalue weighted by Crippen LogP contribution is 2.29. The van der Waals surface area contributed by atoms with Crippen LogP contribution in [0.15, 0.2) is 61.2 Å². The fraction of sp³-hybridized carbons (Fsp3) is 0.286. The van der Waals surface area contributed by atoms with Gasteiger partial charge in [-0.05, 0) is 61.1 Å². The molecule has 1 amide bonds. The van der Waals surface area contributed by atoms with Gasteiger partial charge >= 0.3 is 0 Å². The first-order valence-electron chi connectivity index (χ1n) is 9.01. The molecule has 3 heterocycles. The molecule has 1 aromatic carbocycles. The molecular formula is C21H22N4O. The number of hydrogen-bond acceptors (Lipinski definition) is 3. The molecule has 0 atom stereocenters. The second kappa shape index (κ2) is 7.12. The second-order valence-corrected chi connectivity index (χ2v) is 6.86. The zero-order valence-electron chi connectivity index (χ0n) is 14.9. The topological polar surface area (TPSA) is 51.0 Å². The van der Waals surface area contributed by atoms with Crippen molar-refractivity contribution in [3.63, 3.8) is 0 Å². The van der Waals surface area contributed by atoms with Gasteiger partial charge in [0.1, 0.15) is 0 Å². The third kappa shape index (κ3) is 3.38. The Morgan fingerprint density at radius 1 is 1.12 bits per heavy atom. The lowest BCUT2D eigenvalue weighted by Gasteiger charge is -2.31. The van der Waals surface area contributed by atoms with Crippen LogP contribution in [-0.2, 0) is 0 Å². The number of rotatable bonds is 3. The number of nitrogens with zero attached hydrogens (tertiary/aromatic N) is 4. The van der Waals surface area contributed by atoms with Crippen molar-refractivity contribution < 1.29 is 4.79 Å². The van der Waals surface area contributed by atoms with Crippen molar-refractivity contribution in [1.29, 1.82) is 0 Å². The number of pyridine rings is 1. The van der Waals surface area contributed by atoms with Crippen molar-refractivity contribution in [3.8, 4) is 5.69 Å². The first-order valence-corrected chi connectivity index (χ1v) is 9.01. The van der Waals surface area contributed by atoms with Crippen LogP contribution < -0.4 is 0 Å². The molecule has 4 rings (SSSR count). The Labute approximate surface area is 153 Å². The SMILES string of the molecule is Cc1cccc(-n2cc(C3CCN(C(=O)c4ccncc4)CC3)cn2)c1. The first kappa shape index (κ1) is 16.5. The fourth-order valence-electron chi connectivity index (χ4n) is 3.55. The molecule has 0 saturated carbocycles. The third-order valence-corrected chi connectivity index (χ3v) is 5.05. The maximum Gasteiger partial charge on any atom is 0.253 e. The number of likely N-dealkylation sites (tertiary alicyclic amines) is 1. The Morgan fingerprint density at radius 3 is 2.62 bits per heavy atom. The molecule has 5 nitrogen and oxygen atoms in total. The molecule has 0 N–H and O–H groups in total. The monoisotopic (exact) mass is 346 g/mol. The molecule has 1 aliphatic rings. The Hall–Kier alpha value is -2.95. The minimum absolute atomic E-state index is 0.0984. The number of aromatic nitrogens is 3. The van der Waals surface area contributed by atoms with Gasteiger partial charge in [-0.1, -0.05) is 12.1 Å². The molecule has 2 aromatic heterocycles. The number of carbonyl (C=O) groups is 1. The summed E-state index contributed by atoms with van der Waals surface area (Å²) in [5, 5.41) is 4.53. The van der Waals surface area contributed by atoms with E-state index < -0.39 is 0 Å². The molecule has 0 unspecified atom stereocenters. The van der Waals surface area contributed by atoms with E-state index in [1.165, 1.54) is 11.1 Å². The lowest BCUT2D eigenvalue weighted by molar-refractivity contribution is 0.0713. The van der Waals surface area contributed by atoms with Gasteiger partial charge in [0.15, 0.2) is 0 Å². The minimum Gasteiger partial charge on any atom is -0.339 e. The molecular weight excluding hydrogens is 324 g/mol. The number of amides is 1. The van der Waals surface area contributed by atoms with Gasteiger partial charge in [-0.25, -0.2) is 4.68 Å². The molecule has 3 aromatic rings. The van der Waals surface area contributed by atoms with Crippen molar-refractivity contribution in [2.75, 3.05) is 13.1 Å². The smallest absolute Gasteiger partial charge is 0.253 e. The summed E-state index contributed by atoms with van der Waals surface area (Å²) in [4.78, 5) is 18.5. The summed E-state index contributed by atoms with van der Waals surface area (Å²) in [6, 6.07) is 11.9. The molecule has 26 heavy (non-hydrogen) atoms. The maximum atomic E-state index is 12.5. The number of piperidine rings is 1. The zero-order chi connectivity index (χ0) is 17.9. The lowest BCUT2D eigenvalue weighted by Crippen LogP contribution is -2.37. The average Bonchev–Trinajstić information content (AvgIpc) is 3.18. The summed E-state index contributed by atoms with van der Waals surface area (Å²) in [5.41, 5.74) is 4.28. The number of benzene rings is 1. The van der Waals surface area contributed by atoms with E-state index in [1.54, 1.807) is 24.5 Å². The van der Waals surface area contributed by atoms with E-state index in [9.17, 15) is 4.79 Å². The van der Waals surface area contributed by atoms with E-state index in [-0.39, 0.29) is 5.91 Å². The minimum atomic E-state index is 0.0984. The van der Waals surface area contributed by atoms with Gasteiger partial charge in [-0.15, -0.1) is 0 Å². The molecule has 1 aliphatic heterocycles. The van der Waals surface area contributed by atoms with Crippen LogP contribution in [-0.4, -0.2) is 38.7 Å². The second-order valence-electron chi connectivity index (χ2n) is 6.86. The van der Waals surface area contributed by atoms with E-state index in [1.807, 2.05) is 15.8 Å².